The van der Waals surface area contributed by atoms with Gasteiger partial charge in [-0.05, 0) is 68.9 Å². The van der Waals surface area contributed by atoms with Gasteiger partial charge in [-0.2, -0.15) is 5.10 Å². The smallest absolute Gasteiger partial charge is 0.256 e. The number of aryl methyl sites for hydroxylation is 3. The maximum Gasteiger partial charge on any atom is 0.256 e. The second-order valence-electron chi connectivity index (χ2n) is 8.59. The van der Waals surface area contributed by atoms with Gasteiger partial charge in [0.05, 0.1) is 17.0 Å². The minimum Gasteiger partial charge on any atom is -0.345 e. The van der Waals surface area contributed by atoms with Crippen molar-refractivity contribution in [3.05, 3.63) is 58.3 Å². The SMILES string of the molecule is Cc1ccc(C(=O)Nc2n[nH]c3c2CCn2cc(C(=O)N4CCCCC4)cc2-3)cc1C. The number of benzene rings is 1. The molecule has 2 amide bonds. The van der Waals surface area contributed by atoms with Crippen LogP contribution in [-0.4, -0.2) is 44.6 Å². The molecule has 2 aliphatic heterocycles. The Morgan fingerprint density at radius 3 is 2.58 bits per heavy atom. The number of fused-ring (bicyclic) bond motifs is 3. The highest BCUT2D eigenvalue weighted by Crippen LogP contribution is 2.34. The third-order valence-corrected chi connectivity index (χ3v) is 6.51. The predicted molar refractivity (Wildman–Crippen MR) is 119 cm³/mol. The number of piperidine rings is 1. The summed E-state index contributed by atoms with van der Waals surface area (Å²) < 4.78 is 2.10. The molecule has 7 nitrogen and oxygen atoms in total. The Balaban J connectivity index is 1.39. The Morgan fingerprint density at radius 1 is 1.00 bits per heavy atom. The van der Waals surface area contributed by atoms with Crippen molar-refractivity contribution in [2.45, 2.75) is 46.1 Å². The number of likely N-dealkylation sites (tertiary alicyclic amines) is 1. The van der Waals surface area contributed by atoms with Gasteiger partial charge in [0.2, 0.25) is 0 Å². The zero-order valence-electron chi connectivity index (χ0n) is 18.0. The summed E-state index contributed by atoms with van der Waals surface area (Å²) in [5.74, 6) is 0.500. The highest BCUT2D eigenvalue weighted by atomic mass is 16.2. The standard InChI is InChI=1S/C24H27N5O2/c1-15-6-7-17(12-16(15)2)23(30)25-22-19-8-11-29-14-18(13-20(29)21(19)26-27-22)24(31)28-9-4-3-5-10-28/h6-7,12-14H,3-5,8-11H2,1-2H3,(H2,25,26,27,30). The summed E-state index contributed by atoms with van der Waals surface area (Å²) in [6.07, 6.45) is 6.04. The highest BCUT2D eigenvalue weighted by Gasteiger charge is 2.27. The molecule has 1 fully saturated rings. The third kappa shape index (κ3) is 3.54. The molecule has 31 heavy (non-hydrogen) atoms. The molecule has 0 saturated carbocycles. The van der Waals surface area contributed by atoms with Gasteiger partial charge in [-0.25, -0.2) is 0 Å². The lowest BCUT2D eigenvalue weighted by Gasteiger charge is -2.26. The van der Waals surface area contributed by atoms with Gasteiger partial charge in [0, 0.05) is 37.0 Å². The topological polar surface area (TPSA) is 83.0 Å². The number of aromatic nitrogens is 3. The Hall–Kier alpha value is -3.35. The summed E-state index contributed by atoms with van der Waals surface area (Å²) in [7, 11) is 0. The maximum absolute atomic E-state index is 12.9. The van der Waals surface area contributed by atoms with E-state index in [0.29, 0.717) is 11.4 Å². The maximum atomic E-state index is 12.9. The first-order valence-electron chi connectivity index (χ1n) is 11.0. The van der Waals surface area contributed by atoms with Crippen LogP contribution >= 0.6 is 0 Å². The van der Waals surface area contributed by atoms with Gasteiger partial charge in [-0.1, -0.05) is 6.07 Å². The molecular weight excluding hydrogens is 390 g/mol. The number of carbonyl (C=O) groups is 2. The number of hydrogen-bond acceptors (Lipinski definition) is 3. The van der Waals surface area contributed by atoms with Crippen molar-refractivity contribution in [3.63, 3.8) is 0 Å². The van der Waals surface area contributed by atoms with E-state index in [-0.39, 0.29) is 11.8 Å². The summed E-state index contributed by atoms with van der Waals surface area (Å²) in [5, 5.41) is 10.4. The lowest BCUT2D eigenvalue weighted by Crippen LogP contribution is -2.35. The normalized spacial score (nSPS) is 15.4. The molecule has 2 aliphatic rings. The van der Waals surface area contributed by atoms with E-state index < -0.39 is 0 Å². The van der Waals surface area contributed by atoms with Gasteiger partial charge < -0.3 is 14.8 Å². The van der Waals surface area contributed by atoms with Crippen LogP contribution in [0.5, 0.6) is 0 Å². The molecule has 5 rings (SSSR count). The van der Waals surface area contributed by atoms with E-state index >= 15 is 0 Å². The molecule has 2 aromatic heterocycles. The van der Waals surface area contributed by atoms with Crippen molar-refractivity contribution in [1.29, 1.82) is 0 Å². The lowest BCUT2D eigenvalue weighted by atomic mass is 10.0. The van der Waals surface area contributed by atoms with Gasteiger partial charge in [-0.15, -0.1) is 0 Å². The zero-order chi connectivity index (χ0) is 21.5. The first-order valence-corrected chi connectivity index (χ1v) is 11.0. The molecule has 4 heterocycles. The number of hydrogen-bond donors (Lipinski definition) is 2. The van der Waals surface area contributed by atoms with Gasteiger partial charge in [0.25, 0.3) is 11.8 Å². The van der Waals surface area contributed by atoms with E-state index in [2.05, 4.69) is 20.1 Å². The van der Waals surface area contributed by atoms with E-state index in [4.69, 9.17) is 0 Å². The molecular formula is C24H27N5O2. The quantitative estimate of drug-likeness (QED) is 0.677. The monoisotopic (exact) mass is 417 g/mol. The number of anilines is 1. The van der Waals surface area contributed by atoms with Crippen LogP contribution in [0.1, 0.15) is 56.7 Å². The molecule has 0 spiro atoms. The van der Waals surface area contributed by atoms with E-state index in [0.717, 1.165) is 72.5 Å². The van der Waals surface area contributed by atoms with Crippen LogP contribution in [0.2, 0.25) is 0 Å². The fourth-order valence-electron chi connectivity index (χ4n) is 4.52. The largest absolute Gasteiger partial charge is 0.345 e. The molecule has 0 atom stereocenters. The fourth-order valence-corrected chi connectivity index (χ4v) is 4.52. The minimum atomic E-state index is -0.167. The van der Waals surface area contributed by atoms with Crippen LogP contribution in [-0.2, 0) is 13.0 Å². The summed E-state index contributed by atoms with van der Waals surface area (Å²) in [5.41, 5.74) is 6.39. The lowest BCUT2D eigenvalue weighted by molar-refractivity contribution is 0.0724. The first-order chi connectivity index (χ1) is 15.0. The van der Waals surface area contributed by atoms with Crippen LogP contribution in [0.4, 0.5) is 5.82 Å². The average Bonchev–Trinajstić information content (AvgIpc) is 3.40. The highest BCUT2D eigenvalue weighted by molar-refractivity contribution is 6.04. The molecule has 0 aliphatic carbocycles. The van der Waals surface area contributed by atoms with Crippen molar-refractivity contribution in [3.8, 4) is 11.4 Å². The van der Waals surface area contributed by atoms with Gasteiger partial charge in [0.1, 0.15) is 0 Å². The second kappa shape index (κ2) is 7.72. The number of H-pyrrole nitrogens is 1. The molecule has 1 saturated heterocycles. The molecule has 160 valence electrons. The average molecular weight is 418 g/mol. The van der Waals surface area contributed by atoms with E-state index in [1.54, 1.807) is 0 Å². The number of amides is 2. The number of carbonyl (C=O) groups excluding carboxylic acids is 2. The summed E-state index contributed by atoms with van der Waals surface area (Å²) >= 11 is 0. The fraction of sp³-hybridized carbons (Fsp3) is 0.375. The number of rotatable bonds is 3. The van der Waals surface area contributed by atoms with Crippen LogP contribution in [0.3, 0.4) is 0 Å². The molecule has 0 unspecified atom stereocenters. The number of nitrogens with zero attached hydrogens (tertiary/aromatic N) is 3. The van der Waals surface area contributed by atoms with Crippen LogP contribution in [0.25, 0.3) is 11.4 Å². The molecule has 3 aromatic rings. The Labute approximate surface area is 181 Å². The van der Waals surface area contributed by atoms with E-state index in [1.165, 1.54) is 6.42 Å². The predicted octanol–water partition coefficient (Wildman–Crippen LogP) is 3.93. The molecule has 1 aromatic carbocycles. The first kappa shape index (κ1) is 19.6. The van der Waals surface area contributed by atoms with Crippen molar-refractivity contribution in [2.24, 2.45) is 0 Å². The second-order valence-corrected chi connectivity index (χ2v) is 8.59. The summed E-state index contributed by atoms with van der Waals surface area (Å²) in [4.78, 5) is 27.6. The van der Waals surface area contributed by atoms with Crippen LogP contribution in [0, 0.1) is 13.8 Å². The molecule has 7 heteroatoms. The molecule has 0 bridgehead atoms. The number of aromatic amines is 1. The minimum absolute atomic E-state index is 0.103. The Kier molecular flexibility index (Phi) is 4.88. The van der Waals surface area contributed by atoms with Crippen molar-refractivity contribution >= 4 is 17.6 Å². The van der Waals surface area contributed by atoms with Crippen molar-refractivity contribution in [1.82, 2.24) is 19.7 Å². The van der Waals surface area contributed by atoms with Gasteiger partial charge >= 0.3 is 0 Å². The summed E-state index contributed by atoms with van der Waals surface area (Å²) in [6, 6.07) is 7.63. The molecule has 0 radical (unpaired) electrons. The zero-order valence-corrected chi connectivity index (χ0v) is 18.0. The van der Waals surface area contributed by atoms with E-state index in [1.807, 2.05) is 49.2 Å². The van der Waals surface area contributed by atoms with Crippen molar-refractivity contribution < 1.29 is 9.59 Å². The van der Waals surface area contributed by atoms with Crippen molar-refractivity contribution in [2.75, 3.05) is 18.4 Å². The van der Waals surface area contributed by atoms with E-state index in [9.17, 15) is 9.59 Å². The van der Waals surface area contributed by atoms with Gasteiger partial charge in [0.15, 0.2) is 5.82 Å². The van der Waals surface area contributed by atoms with Crippen LogP contribution in [0.15, 0.2) is 30.5 Å². The number of nitrogens with one attached hydrogen (secondary N) is 2. The Morgan fingerprint density at radius 2 is 1.81 bits per heavy atom. The third-order valence-electron chi connectivity index (χ3n) is 6.51. The Bertz CT molecular complexity index is 1170. The van der Waals surface area contributed by atoms with Gasteiger partial charge in [-0.3, -0.25) is 14.7 Å². The molecule has 2 N–H and O–H groups in total. The van der Waals surface area contributed by atoms with Crippen LogP contribution < -0.4 is 5.32 Å². The summed E-state index contributed by atoms with van der Waals surface area (Å²) in [6.45, 7) is 6.45.